The van der Waals surface area contributed by atoms with E-state index in [9.17, 15) is 5.11 Å². The van der Waals surface area contributed by atoms with E-state index >= 15 is 0 Å². The molecule has 1 fully saturated rings. The van der Waals surface area contributed by atoms with Gasteiger partial charge in [-0.05, 0) is 43.6 Å². The molecular formula is C22H34N4O3. The molecule has 0 saturated carbocycles. The van der Waals surface area contributed by atoms with E-state index in [-0.39, 0.29) is 6.61 Å². The minimum absolute atomic E-state index is 0.269. The maximum atomic E-state index is 10.4. The molecule has 1 saturated heterocycles. The Morgan fingerprint density at radius 3 is 2.55 bits per heavy atom. The van der Waals surface area contributed by atoms with Crippen LogP contribution in [-0.2, 0) is 20.1 Å². The number of rotatable bonds is 10. The molecule has 2 N–H and O–H groups in total. The molecule has 29 heavy (non-hydrogen) atoms. The first kappa shape index (κ1) is 21.6. The number of hydrogen-bond acceptors (Lipinski definition) is 6. The zero-order valence-electron chi connectivity index (χ0n) is 17.6. The molecule has 0 radical (unpaired) electrons. The van der Waals surface area contributed by atoms with E-state index in [1.165, 1.54) is 25.7 Å². The highest BCUT2D eigenvalue weighted by Crippen LogP contribution is 2.28. The molecule has 7 heteroatoms. The van der Waals surface area contributed by atoms with Gasteiger partial charge in [0, 0.05) is 38.4 Å². The number of aryl methyl sites for hydroxylation is 1. The van der Waals surface area contributed by atoms with Crippen molar-refractivity contribution in [2.45, 2.75) is 44.9 Å². The fraction of sp³-hybridized carbons (Fsp3) is 0.591. The van der Waals surface area contributed by atoms with Gasteiger partial charge in [0.1, 0.15) is 12.7 Å². The Morgan fingerprint density at radius 2 is 1.86 bits per heavy atom. The predicted octanol–water partition coefficient (Wildman–Crippen LogP) is 2.33. The summed E-state index contributed by atoms with van der Waals surface area (Å²) in [6.07, 6.45) is 8.39. The van der Waals surface area contributed by atoms with Gasteiger partial charge in [0.15, 0.2) is 11.5 Å². The van der Waals surface area contributed by atoms with Gasteiger partial charge in [0.05, 0.1) is 13.3 Å². The van der Waals surface area contributed by atoms with Crippen molar-refractivity contribution in [3.8, 4) is 11.5 Å². The van der Waals surface area contributed by atoms with Crippen molar-refractivity contribution in [1.29, 1.82) is 0 Å². The summed E-state index contributed by atoms with van der Waals surface area (Å²) < 4.78 is 13.2. The normalized spacial score (nSPS) is 16.4. The van der Waals surface area contributed by atoms with Gasteiger partial charge in [-0.2, -0.15) is 5.10 Å². The van der Waals surface area contributed by atoms with E-state index in [2.05, 4.69) is 15.3 Å². The number of likely N-dealkylation sites (tertiary alicyclic amines) is 1. The highest BCUT2D eigenvalue weighted by atomic mass is 16.5. The topological polar surface area (TPSA) is 71.8 Å². The van der Waals surface area contributed by atoms with E-state index in [4.69, 9.17) is 9.47 Å². The first-order chi connectivity index (χ1) is 14.1. The summed E-state index contributed by atoms with van der Waals surface area (Å²) >= 11 is 0. The SMILES string of the molecule is COc1cc(CNCc2cnn(C)c2)ccc1OCC(O)CN1CCCCCC1. The maximum absolute atomic E-state index is 10.4. The predicted molar refractivity (Wildman–Crippen MR) is 113 cm³/mol. The third kappa shape index (κ3) is 7.03. The van der Waals surface area contributed by atoms with Crippen LogP contribution in [0.5, 0.6) is 11.5 Å². The van der Waals surface area contributed by atoms with Crippen LogP contribution in [0.15, 0.2) is 30.6 Å². The second-order valence-electron chi connectivity index (χ2n) is 7.79. The lowest BCUT2D eigenvalue weighted by Gasteiger charge is -2.23. The summed E-state index contributed by atoms with van der Waals surface area (Å²) in [4.78, 5) is 2.34. The van der Waals surface area contributed by atoms with E-state index in [0.717, 1.165) is 37.3 Å². The minimum atomic E-state index is -0.501. The molecule has 0 aliphatic carbocycles. The number of ether oxygens (including phenoxy) is 2. The van der Waals surface area contributed by atoms with Crippen molar-refractivity contribution in [2.24, 2.45) is 7.05 Å². The third-order valence-corrected chi connectivity index (χ3v) is 5.24. The number of benzene rings is 1. The number of nitrogens with one attached hydrogen (secondary N) is 1. The highest BCUT2D eigenvalue weighted by Gasteiger charge is 2.15. The number of β-amino-alcohol motifs (C(OH)–C–C–N with tert-alkyl or cyclic N) is 1. The monoisotopic (exact) mass is 402 g/mol. The van der Waals surface area contributed by atoms with Gasteiger partial charge in [-0.3, -0.25) is 4.68 Å². The first-order valence-electron chi connectivity index (χ1n) is 10.5. The molecule has 0 spiro atoms. The zero-order valence-corrected chi connectivity index (χ0v) is 17.6. The van der Waals surface area contributed by atoms with Crippen LogP contribution in [0.1, 0.15) is 36.8 Å². The Balaban J connectivity index is 1.46. The van der Waals surface area contributed by atoms with Gasteiger partial charge < -0.3 is 24.8 Å². The van der Waals surface area contributed by atoms with Crippen LogP contribution in [0, 0.1) is 0 Å². The second kappa shape index (κ2) is 11.2. The van der Waals surface area contributed by atoms with Crippen LogP contribution < -0.4 is 14.8 Å². The summed E-state index contributed by atoms with van der Waals surface area (Å²) in [6, 6.07) is 5.92. The Kier molecular flexibility index (Phi) is 8.34. The standard InChI is InChI=1S/C22H34N4O3/c1-25-15-19(14-24-25)13-23-12-18-7-8-21(22(11-18)28-2)29-17-20(27)16-26-9-5-3-4-6-10-26/h7-8,11,14-15,20,23,27H,3-6,9-10,12-13,16-17H2,1-2H3. The molecule has 3 rings (SSSR count). The van der Waals surface area contributed by atoms with Gasteiger partial charge in [-0.1, -0.05) is 18.9 Å². The molecule has 1 aromatic heterocycles. The zero-order chi connectivity index (χ0) is 20.5. The van der Waals surface area contributed by atoms with Crippen molar-refractivity contribution in [1.82, 2.24) is 20.0 Å². The van der Waals surface area contributed by atoms with Crippen molar-refractivity contribution < 1.29 is 14.6 Å². The number of nitrogens with zero attached hydrogens (tertiary/aromatic N) is 3. The maximum Gasteiger partial charge on any atom is 0.161 e. The van der Waals surface area contributed by atoms with Crippen LogP contribution >= 0.6 is 0 Å². The number of aliphatic hydroxyl groups is 1. The molecule has 1 aliphatic rings. The van der Waals surface area contributed by atoms with E-state index < -0.39 is 6.10 Å². The molecule has 1 aliphatic heterocycles. The Morgan fingerprint density at radius 1 is 1.10 bits per heavy atom. The lowest BCUT2D eigenvalue weighted by Crippen LogP contribution is -2.36. The molecule has 2 aromatic rings. The number of methoxy groups -OCH3 is 1. The molecule has 160 valence electrons. The minimum Gasteiger partial charge on any atom is -0.493 e. The lowest BCUT2D eigenvalue weighted by atomic mass is 10.2. The van der Waals surface area contributed by atoms with Crippen molar-refractivity contribution >= 4 is 0 Å². The molecule has 1 unspecified atom stereocenters. The number of aromatic nitrogens is 2. The lowest BCUT2D eigenvalue weighted by molar-refractivity contribution is 0.0683. The third-order valence-electron chi connectivity index (χ3n) is 5.24. The fourth-order valence-electron chi connectivity index (χ4n) is 3.71. The van der Waals surface area contributed by atoms with Gasteiger partial charge in [0.2, 0.25) is 0 Å². The van der Waals surface area contributed by atoms with Crippen molar-refractivity contribution in [2.75, 3.05) is 33.4 Å². The molecule has 2 heterocycles. The quantitative estimate of drug-likeness (QED) is 0.636. The summed E-state index contributed by atoms with van der Waals surface area (Å²) in [6.45, 7) is 4.56. The van der Waals surface area contributed by atoms with E-state index in [1.54, 1.807) is 11.8 Å². The molecular weight excluding hydrogens is 368 g/mol. The number of hydrogen-bond donors (Lipinski definition) is 2. The van der Waals surface area contributed by atoms with Gasteiger partial charge >= 0.3 is 0 Å². The van der Waals surface area contributed by atoms with Crippen molar-refractivity contribution in [3.05, 3.63) is 41.7 Å². The first-order valence-corrected chi connectivity index (χ1v) is 10.5. The van der Waals surface area contributed by atoms with Crippen LogP contribution in [0.4, 0.5) is 0 Å². The molecule has 7 nitrogen and oxygen atoms in total. The van der Waals surface area contributed by atoms with E-state index in [1.807, 2.05) is 37.6 Å². The molecule has 1 atom stereocenters. The van der Waals surface area contributed by atoms with Gasteiger partial charge in [-0.25, -0.2) is 0 Å². The molecule has 0 bridgehead atoms. The summed E-state index contributed by atoms with van der Waals surface area (Å²) in [7, 11) is 3.56. The molecule has 1 aromatic carbocycles. The second-order valence-corrected chi connectivity index (χ2v) is 7.79. The van der Waals surface area contributed by atoms with Crippen LogP contribution in [0.3, 0.4) is 0 Å². The highest BCUT2D eigenvalue weighted by molar-refractivity contribution is 5.43. The largest absolute Gasteiger partial charge is 0.493 e. The van der Waals surface area contributed by atoms with Gasteiger partial charge in [0.25, 0.3) is 0 Å². The molecule has 0 amide bonds. The van der Waals surface area contributed by atoms with Crippen LogP contribution in [-0.4, -0.2) is 59.2 Å². The average Bonchev–Trinajstić information content (AvgIpc) is 2.97. The Hall–Kier alpha value is -2.09. The smallest absolute Gasteiger partial charge is 0.161 e. The van der Waals surface area contributed by atoms with E-state index in [0.29, 0.717) is 18.0 Å². The van der Waals surface area contributed by atoms with Crippen LogP contribution in [0.2, 0.25) is 0 Å². The van der Waals surface area contributed by atoms with Crippen LogP contribution in [0.25, 0.3) is 0 Å². The summed E-state index contributed by atoms with van der Waals surface area (Å²) in [5.41, 5.74) is 2.26. The fourth-order valence-corrected chi connectivity index (χ4v) is 3.71. The Bertz CT molecular complexity index is 741. The Labute approximate surface area is 173 Å². The van der Waals surface area contributed by atoms with Crippen molar-refractivity contribution in [3.63, 3.8) is 0 Å². The summed E-state index contributed by atoms with van der Waals surface area (Å²) in [5, 5.41) is 18.0. The summed E-state index contributed by atoms with van der Waals surface area (Å²) in [5.74, 6) is 1.35. The van der Waals surface area contributed by atoms with Gasteiger partial charge in [-0.15, -0.1) is 0 Å². The number of aliphatic hydroxyl groups excluding tert-OH is 1. The average molecular weight is 403 g/mol.